The summed E-state index contributed by atoms with van der Waals surface area (Å²) in [5.74, 6) is 0.771. The lowest BCUT2D eigenvalue weighted by Gasteiger charge is -2.27. The lowest BCUT2D eigenvalue weighted by atomic mass is 9.94. The molecule has 1 aromatic heterocycles. The van der Waals surface area contributed by atoms with Crippen molar-refractivity contribution in [2.24, 2.45) is 5.92 Å². The normalized spacial score (nSPS) is 25.6. The van der Waals surface area contributed by atoms with E-state index in [-0.39, 0.29) is 0 Å². The summed E-state index contributed by atoms with van der Waals surface area (Å²) in [5.41, 5.74) is 1.58. The molecule has 2 heterocycles. The number of nitrogens with one attached hydrogen (secondary N) is 1. The summed E-state index contributed by atoms with van der Waals surface area (Å²) in [4.78, 5) is 5.59. The van der Waals surface area contributed by atoms with E-state index in [1.165, 1.54) is 29.3 Å². The van der Waals surface area contributed by atoms with Gasteiger partial charge < -0.3 is 5.32 Å². The van der Waals surface area contributed by atoms with E-state index in [1.54, 1.807) is 5.56 Å². The number of aryl methyl sites for hydroxylation is 2. The fraction of sp³-hybridized carbons (Fsp3) is 0.714. The zero-order valence-electron chi connectivity index (χ0n) is 11.4. The number of likely N-dealkylation sites (tertiary alicyclic amines) is 1. The van der Waals surface area contributed by atoms with Gasteiger partial charge in [-0.2, -0.15) is 0 Å². The summed E-state index contributed by atoms with van der Waals surface area (Å²) in [6.07, 6.45) is 1.33. The van der Waals surface area contributed by atoms with Crippen LogP contribution in [0.4, 0.5) is 0 Å². The average molecular weight is 252 g/mol. The smallest absolute Gasteiger partial charge is 0.0399 e. The van der Waals surface area contributed by atoms with Crippen LogP contribution in [0.15, 0.2) is 6.07 Å². The van der Waals surface area contributed by atoms with Crippen molar-refractivity contribution >= 4 is 11.3 Å². The van der Waals surface area contributed by atoms with Gasteiger partial charge in [-0.25, -0.2) is 0 Å². The molecule has 1 N–H and O–H groups in total. The monoisotopic (exact) mass is 252 g/mol. The van der Waals surface area contributed by atoms with Gasteiger partial charge in [-0.15, -0.1) is 11.3 Å². The predicted molar refractivity (Wildman–Crippen MR) is 75.8 cm³/mol. The largest absolute Gasteiger partial charge is 0.319 e. The SMILES string of the molecule is CCN1CCC(CNC)C1c1cc(C)sc1C. The Morgan fingerprint density at radius 2 is 2.24 bits per heavy atom. The van der Waals surface area contributed by atoms with Gasteiger partial charge >= 0.3 is 0 Å². The molecule has 96 valence electrons. The standard InChI is InChI=1S/C14H24N2S/c1-5-16-7-6-12(9-15-4)14(16)13-8-10(2)17-11(13)3/h8,12,14-15H,5-7,9H2,1-4H3. The molecule has 2 nitrogen and oxygen atoms in total. The molecule has 0 spiro atoms. The van der Waals surface area contributed by atoms with Crippen molar-refractivity contribution < 1.29 is 0 Å². The Labute approximate surface area is 109 Å². The molecular formula is C14H24N2S. The molecule has 1 aliphatic rings. The molecule has 0 saturated carbocycles. The third-order valence-corrected chi connectivity index (χ3v) is 4.88. The predicted octanol–water partition coefficient (Wildman–Crippen LogP) is 2.97. The van der Waals surface area contributed by atoms with Crippen molar-refractivity contribution in [3.8, 4) is 0 Å². The van der Waals surface area contributed by atoms with Crippen LogP contribution >= 0.6 is 11.3 Å². The van der Waals surface area contributed by atoms with E-state index in [2.05, 4.69) is 44.1 Å². The Morgan fingerprint density at radius 3 is 2.76 bits per heavy atom. The second-order valence-corrected chi connectivity index (χ2v) is 6.51. The van der Waals surface area contributed by atoms with Gasteiger partial charge in [0.1, 0.15) is 0 Å². The first-order valence-corrected chi connectivity index (χ1v) is 7.44. The van der Waals surface area contributed by atoms with Crippen LogP contribution in [-0.2, 0) is 0 Å². The molecule has 0 amide bonds. The van der Waals surface area contributed by atoms with Gasteiger partial charge in [0.05, 0.1) is 0 Å². The zero-order chi connectivity index (χ0) is 12.4. The Balaban J connectivity index is 2.27. The summed E-state index contributed by atoms with van der Waals surface area (Å²) < 4.78 is 0. The van der Waals surface area contributed by atoms with E-state index in [0.717, 1.165) is 12.5 Å². The Kier molecular flexibility index (Phi) is 4.23. The molecule has 2 unspecified atom stereocenters. The molecule has 0 aromatic carbocycles. The minimum absolute atomic E-state index is 0.636. The highest BCUT2D eigenvalue weighted by molar-refractivity contribution is 7.12. The highest BCUT2D eigenvalue weighted by Crippen LogP contribution is 2.40. The quantitative estimate of drug-likeness (QED) is 0.886. The van der Waals surface area contributed by atoms with Gasteiger partial charge in [-0.05, 0) is 64.5 Å². The molecule has 0 aliphatic carbocycles. The highest BCUT2D eigenvalue weighted by atomic mass is 32.1. The van der Waals surface area contributed by atoms with Crippen LogP contribution in [0.25, 0.3) is 0 Å². The minimum Gasteiger partial charge on any atom is -0.319 e. The van der Waals surface area contributed by atoms with E-state index in [9.17, 15) is 0 Å². The number of thiophene rings is 1. The van der Waals surface area contributed by atoms with Crippen LogP contribution in [0.2, 0.25) is 0 Å². The number of hydrogen-bond donors (Lipinski definition) is 1. The number of rotatable bonds is 4. The van der Waals surface area contributed by atoms with Crippen molar-refractivity contribution in [1.29, 1.82) is 0 Å². The lowest BCUT2D eigenvalue weighted by molar-refractivity contribution is 0.238. The summed E-state index contributed by atoms with van der Waals surface area (Å²) in [7, 11) is 2.07. The van der Waals surface area contributed by atoms with Crippen LogP contribution in [0, 0.1) is 19.8 Å². The van der Waals surface area contributed by atoms with E-state index >= 15 is 0 Å². The maximum Gasteiger partial charge on any atom is 0.0399 e. The van der Waals surface area contributed by atoms with E-state index < -0.39 is 0 Å². The molecule has 3 heteroatoms. The summed E-state index contributed by atoms with van der Waals surface area (Å²) in [6, 6.07) is 3.04. The Hall–Kier alpha value is -0.380. The maximum absolute atomic E-state index is 3.36. The summed E-state index contributed by atoms with van der Waals surface area (Å²) in [6.45, 7) is 10.3. The van der Waals surface area contributed by atoms with Gasteiger partial charge in [-0.3, -0.25) is 4.90 Å². The van der Waals surface area contributed by atoms with Crippen molar-refractivity contribution in [1.82, 2.24) is 10.2 Å². The van der Waals surface area contributed by atoms with Gasteiger partial charge in [-0.1, -0.05) is 6.92 Å². The van der Waals surface area contributed by atoms with Crippen molar-refractivity contribution in [3.05, 3.63) is 21.4 Å². The number of hydrogen-bond acceptors (Lipinski definition) is 3. The van der Waals surface area contributed by atoms with Crippen molar-refractivity contribution in [3.63, 3.8) is 0 Å². The Morgan fingerprint density at radius 1 is 1.47 bits per heavy atom. The molecule has 2 atom stereocenters. The first kappa shape index (κ1) is 13.1. The second-order valence-electron chi connectivity index (χ2n) is 5.05. The third-order valence-electron chi connectivity index (χ3n) is 3.90. The van der Waals surface area contributed by atoms with Gasteiger partial charge in [0, 0.05) is 15.8 Å². The van der Waals surface area contributed by atoms with Crippen molar-refractivity contribution in [2.45, 2.75) is 33.2 Å². The fourth-order valence-electron chi connectivity index (χ4n) is 3.15. The molecule has 0 bridgehead atoms. The van der Waals surface area contributed by atoms with Crippen molar-refractivity contribution in [2.75, 3.05) is 26.7 Å². The van der Waals surface area contributed by atoms with E-state index in [0.29, 0.717) is 6.04 Å². The van der Waals surface area contributed by atoms with Crippen LogP contribution in [0.3, 0.4) is 0 Å². The molecule has 2 rings (SSSR count). The number of nitrogens with zero attached hydrogens (tertiary/aromatic N) is 1. The average Bonchev–Trinajstić information content (AvgIpc) is 2.82. The molecule has 1 aromatic rings. The third kappa shape index (κ3) is 2.56. The molecule has 1 fully saturated rings. The Bertz CT molecular complexity index is 372. The van der Waals surface area contributed by atoms with Gasteiger partial charge in [0.15, 0.2) is 0 Å². The second kappa shape index (κ2) is 5.51. The van der Waals surface area contributed by atoms with E-state index in [4.69, 9.17) is 0 Å². The topological polar surface area (TPSA) is 15.3 Å². The molecular weight excluding hydrogens is 228 g/mol. The molecule has 17 heavy (non-hydrogen) atoms. The van der Waals surface area contributed by atoms with Gasteiger partial charge in [0.2, 0.25) is 0 Å². The van der Waals surface area contributed by atoms with Crippen LogP contribution < -0.4 is 5.32 Å². The highest BCUT2D eigenvalue weighted by Gasteiger charge is 2.35. The lowest BCUT2D eigenvalue weighted by Crippen LogP contribution is -2.29. The fourth-order valence-corrected chi connectivity index (χ4v) is 4.12. The zero-order valence-corrected chi connectivity index (χ0v) is 12.2. The summed E-state index contributed by atoms with van der Waals surface area (Å²) in [5, 5.41) is 3.36. The first-order chi connectivity index (χ1) is 8.17. The first-order valence-electron chi connectivity index (χ1n) is 6.63. The molecule has 1 aliphatic heterocycles. The molecule has 1 saturated heterocycles. The van der Waals surface area contributed by atoms with Crippen LogP contribution in [-0.4, -0.2) is 31.6 Å². The minimum atomic E-state index is 0.636. The summed E-state index contributed by atoms with van der Waals surface area (Å²) >= 11 is 1.94. The molecule has 0 radical (unpaired) electrons. The van der Waals surface area contributed by atoms with Crippen LogP contribution in [0.1, 0.15) is 34.7 Å². The maximum atomic E-state index is 3.36. The van der Waals surface area contributed by atoms with Crippen LogP contribution in [0.5, 0.6) is 0 Å². The van der Waals surface area contributed by atoms with Gasteiger partial charge in [0.25, 0.3) is 0 Å². The van der Waals surface area contributed by atoms with E-state index in [1.807, 2.05) is 11.3 Å².